The van der Waals surface area contributed by atoms with Gasteiger partial charge in [-0.25, -0.2) is 0 Å². The molecule has 6 nitrogen and oxygen atoms in total. The third-order valence-corrected chi connectivity index (χ3v) is 6.83. The van der Waals surface area contributed by atoms with Crippen molar-refractivity contribution >= 4 is 11.8 Å². The minimum Gasteiger partial charge on any atom is -0.485 e. The molecule has 0 radical (unpaired) electrons. The third-order valence-electron chi connectivity index (χ3n) is 6.83. The van der Waals surface area contributed by atoms with Gasteiger partial charge in [0.1, 0.15) is 19.3 Å². The molecule has 0 bridgehead atoms. The maximum Gasteiger partial charge on any atom is 0.251 e. The first-order valence-corrected chi connectivity index (χ1v) is 13.8. The molecular weight excluding hydrogens is 524 g/mol. The van der Waals surface area contributed by atoms with E-state index in [4.69, 9.17) is 15.2 Å². The van der Waals surface area contributed by atoms with E-state index < -0.39 is 11.9 Å². The number of nitrogens with two attached hydrogens (primary N) is 1. The van der Waals surface area contributed by atoms with Crippen LogP contribution in [-0.2, 0) is 24.4 Å². The Morgan fingerprint density at radius 2 is 1.12 bits per heavy atom. The molecule has 3 N–H and O–H groups in total. The van der Waals surface area contributed by atoms with Crippen molar-refractivity contribution in [1.29, 1.82) is 0 Å². The molecule has 5 rings (SSSR count). The molecule has 0 unspecified atom stereocenters. The summed E-state index contributed by atoms with van der Waals surface area (Å²) in [6, 6.07) is 41.5. The highest BCUT2D eigenvalue weighted by Gasteiger charge is 2.21. The summed E-state index contributed by atoms with van der Waals surface area (Å²) in [6.45, 7) is 0.728. The lowest BCUT2D eigenvalue weighted by atomic mass is 10.0. The van der Waals surface area contributed by atoms with Crippen LogP contribution in [0.1, 0.15) is 27.0 Å². The van der Waals surface area contributed by atoms with Crippen molar-refractivity contribution in [2.45, 2.75) is 25.7 Å². The zero-order chi connectivity index (χ0) is 29.1. The van der Waals surface area contributed by atoms with Gasteiger partial charge in [-0.15, -0.1) is 0 Å². The zero-order valence-electron chi connectivity index (χ0n) is 23.1. The molecular formula is C36H32N2O4. The van der Waals surface area contributed by atoms with Crippen LogP contribution in [0.2, 0.25) is 0 Å². The molecule has 0 heterocycles. The SMILES string of the molecule is NC(=O)[C@@H](Cc1ccc(OCc2ccccc2)c(OCc2ccccc2)c1)NC(=O)c1ccc(-c2ccccc2)cc1. The van der Waals surface area contributed by atoms with Crippen LogP contribution in [-0.4, -0.2) is 17.9 Å². The lowest BCUT2D eigenvalue weighted by molar-refractivity contribution is -0.119. The van der Waals surface area contributed by atoms with Crippen molar-refractivity contribution in [2.24, 2.45) is 5.73 Å². The standard InChI is InChI=1S/C36H32N2O4/c37-35(39)32(38-36(40)31-19-17-30(18-20-31)29-14-8-3-9-15-29)22-28-16-21-33(41-24-26-10-4-1-5-11-26)34(23-28)42-25-27-12-6-2-7-13-27/h1-21,23,32H,22,24-25H2,(H2,37,39)(H,38,40)/t32-/m1/s1. The van der Waals surface area contributed by atoms with Crippen molar-refractivity contribution in [1.82, 2.24) is 5.32 Å². The Bertz CT molecular complexity index is 1610. The van der Waals surface area contributed by atoms with Gasteiger partial charge in [0.25, 0.3) is 5.91 Å². The number of hydrogen-bond acceptors (Lipinski definition) is 4. The van der Waals surface area contributed by atoms with Crippen LogP contribution in [0, 0.1) is 0 Å². The number of amides is 2. The summed E-state index contributed by atoms with van der Waals surface area (Å²) in [5, 5.41) is 2.79. The van der Waals surface area contributed by atoms with Crippen LogP contribution >= 0.6 is 0 Å². The fourth-order valence-electron chi connectivity index (χ4n) is 4.53. The van der Waals surface area contributed by atoms with Crippen molar-refractivity contribution < 1.29 is 19.1 Å². The van der Waals surface area contributed by atoms with E-state index in [0.29, 0.717) is 30.3 Å². The Morgan fingerprint density at radius 3 is 1.69 bits per heavy atom. The molecule has 0 spiro atoms. The van der Waals surface area contributed by atoms with Crippen LogP contribution in [0.4, 0.5) is 0 Å². The number of rotatable bonds is 12. The molecule has 5 aromatic rings. The molecule has 0 aliphatic rings. The Balaban J connectivity index is 1.30. The molecule has 0 saturated carbocycles. The molecule has 0 fully saturated rings. The van der Waals surface area contributed by atoms with E-state index in [1.807, 2.05) is 121 Å². The molecule has 1 atom stereocenters. The summed E-state index contributed by atoms with van der Waals surface area (Å²) in [5.41, 5.74) is 11.0. The van der Waals surface area contributed by atoms with Crippen molar-refractivity contribution in [2.75, 3.05) is 0 Å². The number of carbonyl (C=O) groups excluding carboxylic acids is 2. The van der Waals surface area contributed by atoms with E-state index in [0.717, 1.165) is 27.8 Å². The summed E-state index contributed by atoms with van der Waals surface area (Å²) in [4.78, 5) is 25.4. The highest BCUT2D eigenvalue weighted by molar-refractivity contribution is 5.97. The summed E-state index contributed by atoms with van der Waals surface area (Å²) < 4.78 is 12.3. The van der Waals surface area contributed by atoms with E-state index >= 15 is 0 Å². The second-order valence-electron chi connectivity index (χ2n) is 9.91. The first kappa shape index (κ1) is 28.2. The Labute approximate surface area is 245 Å². The molecule has 0 aliphatic heterocycles. The second kappa shape index (κ2) is 13.8. The normalized spacial score (nSPS) is 11.3. The molecule has 0 aliphatic carbocycles. The van der Waals surface area contributed by atoms with Crippen molar-refractivity contribution in [3.05, 3.63) is 156 Å². The molecule has 0 aromatic heterocycles. The summed E-state index contributed by atoms with van der Waals surface area (Å²) >= 11 is 0. The Kier molecular flexibility index (Phi) is 9.27. The predicted molar refractivity (Wildman–Crippen MR) is 164 cm³/mol. The average Bonchev–Trinajstić information content (AvgIpc) is 3.04. The van der Waals surface area contributed by atoms with Crippen LogP contribution in [0.25, 0.3) is 11.1 Å². The molecule has 42 heavy (non-hydrogen) atoms. The molecule has 6 heteroatoms. The lowest BCUT2D eigenvalue weighted by Gasteiger charge is -2.18. The summed E-state index contributed by atoms with van der Waals surface area (Å²) in [6.07, 6.45) is 0.198. The highest BCUT2D eigenvalue weighted by Crippen LogP contribution is 2.31. The van der Waals surface area contributed by atoms with Crippen LogP contribution in [0.3, 0.4) is 0 Å². The zero-order valence-corrected chi connectivity index (χ0v) is 23.1. The van der Waals surface area contributed by atoms with Gasteiger partial charge < -0.3 is 20.5 Å². The van der Waals surface area contributed by atoms with E-state index in [-0.39, 0.29) is 12.3 Å². The van der Waals surface area contributed by atoms with Gasteiger partial charge in [-0.05, 0) is 52.1 Å². The minimum absolute atomic E-state index is 0.198. The highest BCUT2D eigenvalue weighted by atomic mass is 16.5. The fraction of sp³-hybridized carbons (Fsp3) is 0.111. The van der Waals surface area contributed by atoms with E-state index in [2.05, 4.69) is 5.32 Å². The Morgan fingerprint density at radius 1 is 0.595 bits per heavy atom. The molecule has 0 saturated heterocycles. The van der Waals surface area contributed by atoms with E-state index in [1.165, 1.54) is 0 Å². The van der Waals surface area contributed by atoms with Gasteiger partial charge in [0.2, 0.25) is 5.91 Å². The first-order valence-electron chi connectivity index (χ1n) is 13.8. The quantitative estimate of drug-likeness (QED) is 0.188. The summed E-state index contributed by atoms with van der Waals surface area (Å²) in [5.74, 6) is 0.122. The van der Waals surface area contributed by atoms with Crippen LogP contribution in [0.5, 0.6) is 11.5 Å². The van der Waals surface area contributed by atoms with Gasteiger partial charge in [-0.2, -0.15) is 0 Å². The van der Waals surface area contributed by atoms with Gasteiger partial charge in [0.15, 0.2) is 11.5 Å². The third kappa shape index (κ3) is 7.64. The average molecular weight is 557 g/mol. The van der Waals surface area contributed by atoms with Gasteiger partial charge in [-0.1, -0.05) is 109 Å². The van der Waals surface area contributed by atoms with Gasteiger partial charge in [0, 0.05) is 12.0 Å². The molecule has 5 aromatic carbocycles. The van der Waals surface area contributed by atoms with Crippen molar-refractivity contribution in [3.8, 4) is 22.6 Å². The van der Waals surface area contributed by atoms with Gasteiger partial charge in [-0.3, -0.25) is 9.59 Å². The predicted octanol–water partition coefficient (Wildman–Crippen LogP) is 6.34. The lowest BCUT2D eigenvalue weighted by Crippen LogP contribution is -2.45. The number of primary amides is 1. The number of hydrogen-bond donors (Lipinski definition) is 2. The first-order chi connectivity index (χ1) is 20.5. The maximum absolute atomic E-state index is 13.0. The maximum atomic E-state index is 13.0. The van der Waals surface area contributed by atoms with Gasteiger partial charge >= 0.3 is 0 Å². The fourth-order valence-corrected chi connectivity index (χ4v) is 4.53. The molecule has 210 valence electrons. The van der Waals surface area contributed by atoms with Crippen LogP contribution in [0.15, 0.2) is 133 Å². The second-order valence-corrected chi connectivity index (χ2v) is 9.91. The minimum atomic E-state index is -0.913. The van der Waals surface area contributed by atoms with E-state index in [1.54, 1.807) is 12.1 Å². The van der Waals surface area contributed by atoms with Crippen molar-refractivity contribution in [3.63, 3.8) is 0 Å². The number of benzene rings is 5. The van der Waals surface area contributed by atoms with E-state index in [9.17, 15) is 9.59 Å². The van der Waals surface area contributed by atoms with Gasteiger partial charge in [0.05, 0.1) is 0 Å². The van der Waals surface area contributed by atoms with Crippen LogP contribution < -0.4 is 20.5 Å². The largest absolute Gasteiger partial charge is 0.485 e. The summed E-state index contributed by atoms with van der Waals surface area (Å²) in [7, 11) is 0. The Hall–Kier alpha value is -5.36. The number of carbonyl (C=O) groups is 2. The number of ether oxygens (including phenoxy) is 2. The number of nitrogens with one attached hydrogen (secondary N) is 1. The topological polar surface area (TPSA) is 90.7 Å². The molecule has 2 amide bonds. The monoisotopic (exact) mass is 556 g/mol. The smallest absolute Gasteiger partial charge is 0.251 e.